The number of fused-ring (bicyclic) bond motifs is 1. The zero-order valence-corrected chi connectivity index (χ0v) is 18.1. The molecule has 2 heterocycles. The van der Waals surface area contributed by atoms with Gasteiger partial charge in [0.15, 0.2) is 0 Å². The van der Waals surface area contributed by atoms with Crippen molar-refractivity contribution in [3.05, 3.63) is 77.9 Å². The highest BCUT2D eigenvalue weighted by molar-refractivity contribution is 6.07. The van der Waals surface area contributed by atoms with Crippen LogP contribution in [0.4, 0.5) is 4.39 Å². The predicted octanol–water partition coefficient (Wildman–Crippen LogP) is 4.69. The number of ether oxygens (including phenoxy) is 1. The molecule has 0 unspecified atom stereocenters. The number of halogens is 1. The van der Waals surface area contributed by atoms with E-state index in [-0.39, 0.29) is 11.7 Å². The lowest BCUT2D eigenvalue weighted by molar-refractivity contribution is 0.0946. The van der Waals surface area contributed by atoms with Crippen LogP contribution in [0.25, 0.3) is 27.8 Å². The molecular formula is C25H25FN4O2. The number of nitrogens with zero attached hydrogens (tertiary/aromatic N) is 3. The Kier molecular flexibility index (Phi) is 6.56. The molecule has 2 aromatic heterocycles. The number of amides is 1. The van der Waals surface area contributed by atoms with Gasteiger partial charge < -0.3 is 10.1 Å². The van der Waals surface area contributed by atoms with E-state index in [0.717, 1.165) is 34.3 Å². The molecule has 1 N–H and O–H groups in total. The Morgan fingerprint density at radius 2 is 1.94 bits per heavy atom. The highest BCUT2D eigenvalue weighted by atomic mass is 19.1. The summed E-state index contributed by atoms with van der Waals surface area (Å²) in [5.41, 5.74) is 4.37. The van der Waals surface area contributed by atoms with Crippen LogP contribution in [0.2, 0.25) is 0 Å². The van der Waals surface area contributed by atoms with Gasteiger partial charge >= 0.3 is 0 Å². The van der Waals surface area contributed by atoms with Gasteiger partial charge in [-0.25, -0.2) is 14.1 Å². The molecule has 7 heteroatoms. The summed E-state index contributed by atoms with van der Waals surface area (Å²) < 4.78 is 20.4. The Hall–Kier alpha value is -3.58. The van der Waals surface area contributed by atoms with Gasteiger partial charge in [0.1, 0.15) is 5.82 Å². The molecule has 0 saturated carbocycles. The summed E-state index contributed by atoms with van der Waals surface area (Å²) in [5, 5.41) is 8.23. The maximum absolute atomic E-state index is 13.3. The van der Waals surface area contributed by atoms with E-state index in [9.17, 15) is 9.18 Å². The minimum atomic E-state index is -0.299. The van der Waals surface area contributed by atoms with Crippen molar-refractivity contribution in [3.8, 4) is 16.9 Å². The monoisotopic (exact) mass is 432 g/mol. The van der Waals surface area contributed by atoms with Crippen molar-refractivity contribution in [1.29, 1.82) is 0 Å². The van der Waals surface area contributed by atoms with Crippen molar-refractivity contribution in [2.24, 2.45) is 0 Å². The quantitative estimate of drug-likeness (QED) is 0.410. The van der Waals surface area contributed by atoms with Crippen molar-refractivity contribution in [3.63, 3.8) is 0 Å². The van der Waals surface area contributed by atoms with Crippen LogP contribution >= 0.6 is 0 Å². The molecule has 6 nitrogen and oxygen atoms in total. The number of aromatic nitrogens is 3. The summed E-state index contributed by atoms with van der Waals surface area (Å²) in [4.78, 5) is 17.8. The maximum Gasteiger partial charge on any atom is 0.252 e. The number of para-hydroxylation sites is 1. The van der Waals surface area contributed by atoms with Crippen LogP contribution in [-0.2, 0) is 4.74 Å². The summed E-state index contributed by atoms with van der Waals surface area (Å²) in [7, 11) is 0. The predicted molar refractivity (Wildman–Crippen MR) is 122 cm³/mol. The standard InChI is InChI=1S/C25H25FN4O2/c1-3-32-14-6-13-27-25(31)21-15-24(29-23-8-5-4-7-20(21)23)22-16-28-30(17(22)2)19-11-9-18(26)10-12-19/h4-5,7-12,15-16H,3,6,13-14H2,1-2H3,(H,27,31). The van der Waals surface area contributed by atoms with Crippen molar-refractivity contribution >= 4 is 16.8 Å². The molecule has 32 heavy (non-hydrogen) atoms. The first-order chi connectivity index (χ1) is 15.6. The molecule has 0 radical (unpaired) electrons. The Morgan fingerprint density at radius 1 is 1.16 bits per heavy atom. The lowest BCUT2D eigenvalue weighted by atomic mass is 10.0. The third-order valence-electron chi connectivity index (χ3n) is 5.27. The van der Waals surface area contributed by atoms with Crippen LogP contribution in [-0.4, -0.2) is 40.4 Å². The molecular weight excluding hydrogens is 407 g/mol. The van der Waals surface area contributed by atoms with E-state index in [4.69, 9.17) is 9.72 Å². The lowest BCUT2D eigenvalue weighted by Crippen LogP contribution is -2.25. The molecule has 1 amide bonds. The fraction of sp³-hybridized carbons (Fsp3) is 0.240. The lowest BCUT2D eigenvalue weighted by Gasteiger charge is -2.11. The van der Waals surface area contributed by atoms with Crippen LogP contribution < -0.4 is 5.32 Å². The maximum atomic E-state index is 13.3. The molecule has 0 saturated heterocycles. The first kappa shape index (κ1) is 21.6. The molecule has 4 rings (SSSR count). The molecule has 0 bridgehead atoms. The van der Waals surface area contributed by atoms with E-state index >= 15 is 0 Å². The number of nitrogens with one attached hydrogen (secondary N) is 1. The van der Waals surface area contributed by atoms with Gasteiger partial charge in [-0.15, -0.1) is 0 Å². The van der Waals surface area contributed by atoms with Crippen molar-refractivity contribution < 1.29 is 13.9 Å². The number of benzene rings is 2. The summed E-state index contributed by atoms with van der Waals surface area (Å²) in [6.45, 7) is 5.68. The topological polar surface area (TPSA) is 69.0 Å². The van der Waals surface area contributed by atoms with E-state index in [0.29, 0.717) is 31.0 Å². The van der Waals surface area contributed by atoms with Crippen molar-refractivity contribution in [1.82, 2.24) is 20.1 Å². The summed E-state index contributed by atoms with van der Waals surface area (Å²) in [6.07, 6.45) is 2.47. The van der Waals surface area contributed by atoms with Crippen molar-refractivity contribution in [2.75, 3.05) is 19.8 Å². The number of pyridine rings is 1. The largest absolute Gasteiger partial charge is 0.382 e. The van der Waals surface area contributed by atoms with Gasteiger partial charge in [0, 0.05) is 30.7 Å². The average Bonchev–Trinajstić information content (AvgIpc) is 3.19. The third kappa shape index (κ3) is 4.53. The van der Waals surface area contributed by atoms with Gasteiger partial charge in [-0.1, -0.05) is 18.2 Å². The van der Waals surface area contributed by atoms with Gasteiger partial charge in [0.25, 0.3) is 5.91 Å². The molecule has 0 aliphatic heterocycles. The first-order valence-electron chi connectivity index (χ1n) is 10.6. The van der Waals surface area contributed by atoms with Crippen LogP contribution in [0.3, 0.4) is 0 Å². The van der Waals surface area contributed by atoms with Gasteiger partial charge in [-0.2, -0.15) is 5.10 Å². The normalized spacial score (nSPS) is 11.1. The Balaban J connectivity index is 1.68. The zero-order valence-electron chi connectivity index (χ0n) is 18.1. The molecule has 0 spiro atoms. The summed E-state index contributed by atoms with van der Waals surface area (Å²) in [6, 6.07) is 15.5. The number of hydrogen-bond donors (Lipinski definition) is 1. The average molecular weight is 432 g/mol. The van der Waals surface area contributed by atoms with Crippen LogP contribution in [0.15, 0.2) is 60.8 Å². The fourth-order valence-corrected chi connectivity index (χ4v) is 3.62. The van der Waals surface area contributed by atoms with E-state index in [2.05, 4.69) is 10.4 Å². The minimum Gasteiger partial charge on any atom is -0.382 e. The Morgan fingerprint density at radius 3 is 2.72 bits per heavy atom. The minimum absolute atomic E-state index is 0.148. The highest BCUT2D eigenvalue weighted by Crippen LogP contribution is 2.28. The van der Waals surface area contributed by atoms with Gasteiger partial charge in [-0.05, 0) is 56.7 Å². The number of rotatable bonds is 8. The van der Waals surface area contributed by atoms with Gasteiger partial charge in [0.2, 0.25) is 0 Å². The summed E-state index contributed by atoms with van der Waals surface area (Å²) >= 11 is 0. The second kappa shape index (κ2) is 9.70. The van der Waals surface area contributed by atoms with Crippen molar-refractivity contribution in [2.45, 2.75) is 20.3 Å². The van der Waals surface area contributed by atoms with Crippen LogP contribution in [0.1, 0.15) is 29.4 Å². The van der Waals surface area contributed by atoms with E-state index in [1.165, 1.54) is 12.1 Å². The van der Waals surface area contributed by atoms with Gasteiger partial charge in [-0.3, -0.25) is 4.79 Å². The van der Waals surface area contributed by atoms with Gasteiger partial charge in [0.05, 0.1) is 34.4 Å². The molecule has 2 aromatic carbocycles. The van der Waals surface area contributed by atoms with E-state index in [1.54, 1.807) is 29.1 Å². The Bertz CT molecular complexity index is 1230. The SMILES string of the molecule is CCOCCCNC(=O)c1cc(-c2cnn(-c3ccc(F)cc3)c2C)nc2ccccc12. The molecule has 4 aromatic rings. The molecule has 0 aliphatic rings. The number of carbonyl (C=O) groups excluding carboxylic acids is 1. The Labute approximate surface area is 186 Å². The second-order valence-electron chi connectivity index (χ2n) is 7.41. The molecule has 0 aliphatic carbocycles. The molecule has 0 atom stereocenters. The molecule has 164 valence electrons. The third-order valence-corrected chi connectivity index (χ3v) is 5.27. The van der Waals surface area contributed by atoms with E-state index in [1.807, 2.05) is 38.1 Å². The second-order valence-corrected chi connectivity index (χ2v) is 7.41. The highest BCUT2D eigenvalue weighted by Gasteiger charge is 2.17. The van der Waals surface area contributed by atoms with Crippen LogP contribution in [0.5, 0.6) is 0 Å². The van der Waals surface area contributed by atoms with E-state index < -0.39 is 0 Å². The number of hydrogen-bond acceptors (Lipinski definition) is 4. The smallest absolute Gasteiger partial charge is 0.252 e. The number of carbonyl (C=O) groups is 1. The first-order valence-corrected chi connectivity index (χ1v) is 10.6. The molecule has 0 fully saturated rings. The fourth-order valence-electron chi connectivity index (χ4n) is 3.62. The summed E-state index contributed by atoms with van der Waals surface area (Å²) in [5.74, 6) is -0.447. The van der Waals surface area contributed by atoms with Crippen LogP contribution in [0, 0.1) is 12.7 Å². The zero-order chi connectivity index (χ0) is 22.5.